The van der Waals surface area contributed by atoms with Crippen LogP contribution in [0.4, 0.5) is 4.79 Å². The predicted octanol–water partition coefficient (Wildman–Crippen LogP) is 0.858. The topological polar surface area (TPSA) is 88.3 Å². The Balaban J connectivity index is 1.77. The fourth-order valence-corrected chi connectivity index (χ4v) is 2.75. The van der Waals surface area contributed by atoms with Gasteiger partial charge in [-0.05, 0) is 19.8 Å². The number of hydrogen-bond donors (Lipinski definition) is 2. The van der Waals surface area contributed by atoms with Gasteiger partial charge in [-0.15, -0.1) is 11.3 Å². The number of urea groups is 1. The molecular weight excluding hydrogens is 264 g/mol. The van der Waals surface area contributed by atoms with Crippen molar-refractivity contribution in [1.29, 1.82) is 0 Å². The Kier molecular flexibility index (Phi) is 4.36. The first-order chi connectivity index (χ1) is 9.06. The van der Waals surface area contributed by atoms with E-state index in [1.54, 1.807) is 16.2 Å². The van der Waals surface area contributed by atoms with E-state index in [1.165, 1.54) is 0 Å². The largest absolute Gasteiger partial charge is 0.369 e. The van der Waals surface area contributed by atoms with Crippen molar-refractivity contribution in [3.8, 4) is 0 Å². The summed E-state index contributed by atoms with van der Waals surface area (Å²) >= 11 is 1.57. The van der Waals surface area contributed by atoms with Crippen LogP contribution in [0.2, 0.25) is 0 Å². The molecule has 0 atom stereocenters. The van der Waals surface area contributed by atoms with Gasteiger partial charge in [0, 0.05) is 24.4 Å². The molecule has 1 aliphatic rings. The minimum atomic E-state index is -0.266. The van der Waals surface area contributed by atoms with Crippen LogP contribution in [0.3, 0.4) is 0 Å². The number of aryl methyl sites for hydroxylation is 1. The molecule has 0 saturated carbocycles. The number of piperidine rings is 1. The van der Waals surface area contributed by atoms with Crippen LogP contribution in [0.25, 0.3) is 0 Å². The third-order valence-corrected chi connectivity index (χ3v) is 4.09. The fourth-order valence-electron chi connectivity index (χ4n) is 2.13. The third kappa shape index (κ3) is 3.66. The standard InChI is InChI=1S/C12H18N4O2S/c1-8-15-10(7-19-8)6-14-12(18)16-4-2-9(3-5-16)11(13)17/h7,9H,2-6H2,1H3,(H2,13,17)(H,14,18). The lowest BCUT2D eigenvalue weighted by Crippen LogP contribution is -2.46. The van der Waals surface area contributed by atoms with Crippen molar-refractivity contribution >= 4 is 23.3 Å². The molecule has 1 saturated heterocycles. The number of carbonyl (C=O) groups excluding carboxylic acids is 2. The Hall–Kier alpha value is -1.63. The summed E-state index contributed by atoms with van der Waals surface area (Å²) in [5, 5.41) is 5.77. The van der Waals surface area contributed by atoms with Crippen molar-refractivity contribution in [1.82, 2.24) is 15.2 Å². The minimum absolute atomic E-state index is 0.0924. The molecule has 2 rings (SSSR count). The van der Waals surface area contributed by atoms with Crippen LogP contribution in [-0.4, -0.2) is 34.9 Å². The van der Waals surface area contributed by atoms with Crippen molar-refractivity contribution < 1.29 is 9.59 Å². The molecule has 19 heavy (non-hydrogen) atoms. The Labute approximate surface area is 116 Å². The number of hydrogen-bond acceptors (Lipinski definition) is 4. The molecule has 0 spiro atoms. The Morgan fingerprint density at radius 3 is 2.74 bits per heavy atom. The monoisotopic (exact) mass is 282 g/mol. The molecule has 2 heterocycles. The molecule has 1 aromatic heterocycles. The Morgan fingerprint density at radius 2 is 2.21 bits per heavy atom. The lowest BCUT2D eigenvalue weighted by Gasteiger charge is -2.30. The second-order valence-corrected chi connectivity index (χ2v) is 5.74. The van der Waals surface area contributed by atoms with Crippen LogP contribution in [0.5, 0.6) is 0 Å². The quantitative estimate of drug-likeness (QED) is 0.861. The van der Waals surface area contributed by atoms with E-state index < -0.39 is 0 Å². The van der Waals surface area contributed by atoms with Gasteiger partial charge in [0.2, 0.25) is 5.91 Å². The average Bonchev–Trinajstić information content (AvgIpc) is 2.82. The molecule has 0 aliphatic carbocycles. The van der Waals surface area contributed by atoms with Gasteiger partial charge in [-0.3, -0.25) is 4.79 Å². The lowest BCUT2D eigenvalue weighted by molar-refractivity contribution is -0.123. The summed E-state index contributed by atoms with van der Waals surface area (Å²) in [5.41, 5.74) is 6.14. The second-order valence-electron chi connectivity index (χ2n) is 4.68. The number of nitrogens with two attached hydrogens (primary N) is 1. The molecule has 3 N–H and O–H groups in total. The van der Waals surface area contributed by atoms with E-state index in [0.717, 1.165) is 10.7 Å². The van der Waals surface area contributed by atoms with Crippen LogP contribution in [0.1, 0.15) is 23.5 Å². The highest BCUT2D eigenvalue weighted by Gasteiger charge is 2.25. The number of carbonyl (C=O) groups is 2. The number of likely N-dealkylation sites (tertiary alicyclic amines) is 1. The maximum atomic E-state index is 11.9. The highest BCUT2D eigenvalue weighted by atomic mass is 32.1. The molecule has 0 bridgehead atoms. The number of aromatic nitrogens is 1. The highest BCUT2D eigenvalue weighted by Crippen LogP contribution is 2.16. The maximum absolute atomic E-state index is 11.9. The van der Waals surface area contributed by atoms with Gasteiger partial charge in [0.25, 0.3) is 0 Å². The molecule has 1 fully saturated rings. The minimum Gasteiger partial charge on any atom is -0.369 e. The van der Waals surface area contributed by atoms with E-state index in [4.69, 9.17) is 5.73 Å². The van der Waals surface area contributed by atoms with E-state index >= 15 is 0 Å². The summed E-state index contributed by atoms with van der Waals surface area (Å²) in [4.78, 5) is 29.0. The normalized spacial score (nSPS) is 16.4. The summed E-state index contributed by atoms with van der Waals surface area (Å²) in [6.45, 7) is 3.54. The molecule has 6 nitrogen and oxygen atoms in total. The summed E-state index contributed by atoms with van der Waals surface area (Å²) in [6, 6.07) is -0.103. The number of thiazole rings is 1. The smallest absolute Gasteiger partial charge is 0.317 e. The van der Waals surface area contributed by atoms with E-state index in [9.17, 15) is 9.59 Å². The van der Waals surface area contributed by atoms with Crippen LogP contribution in [0.15, 0.2) is 5.38 Å². The SMILES string of the molecule is Cc1nc(CNC(=O)N2CCC(C(N)=O)CC2)cs1. The number of nitrogens with one attached hydrogen (secondary N) is 1. The van der Waals surface area contributed by atoms with Gasteiger partial charge in [-0.2, -0.15) is 0 Å². The molecule has 104 valence electrons. The molecule has 7 heteroatoms. The summed E-state index contributed by atoms with van der Waals surface area (Å²) in [6.07, 6.45) is 1.30. The second kappa shape index (κ2) is 6.01. The van der Waals surface area contributed by atoms with E-state index in [-0.39, 0.29) is 17.9 Å². The van der Waals surface area contributed by atoms with Gasteiger partial charge in [-0.1, -0.05) is 0 Å². The zero-order valence-electron chi connectivity index (χ0n) is 10.9. The molecule has 1 aromatic rings. The summed E-state index contributed by atoms with van der Waals surface area (Å²) in [5.74, 6) is -0.358. The van der Waals surface area contributed by atoms with Crippen molar-refractivity contribution in [2.45, 2.75) is 26.3 Å². The fraction of sp³-hybridized carbons (Fsp3) is 0.583. The summed E-state index contributed by atoms with van der Waals surface area (Å²) < 4.78 is 0. The average molecular weight is 282 g/mol. The zero-order chi connectivity index (χ0) is 13.8. The molecular formula is C12H18N4O2S. The van der Waals surface area contributed by atoms with Crippen molar-refractivity contribution in [2.75, 3.05) is 13.1 Å². The van der Waals surface area contributed by atoms with Crippen molar-refractivity contribution in [3.63, 3.8) is 0 Å². The lowest BCUT2D eigenvalue weighted by atomic mass is 9.96. The van der Waals surface area contributed by atoms with E-state index in [2.05, 4.69) is 10.3 Å². The van der Waals surface area contributed by atoms with Gasteiger partial charge < -0.3 is 16.0 Å². The van der Waals surface area contributed by atoms with Crippen LogP contribution >= 0.6 is 11.3 Å². The first-order valence-electron chi connectivity index (χ1n) is 6.29. The number of nitrogens with zero attached hydrogens (tertiary/aromatic N) is 2. The predicted molar refractivity (Wildman–Crippen MR) is 72.6 cm³/mol. The Bertz CT molecular complexity index is 466. The zero-order valence-corrected chi connectivity index (χ0v) is 11.7. The van der Waals surface area contributed by atoms with Gasteiger partial charge in [-0.25, -0.2) is 9.78 Å². The van der Waals surface area contributed by atoms with Gasteiger partial charge in [0.05, 0.1) is 17.2 Å². The molecule has 0 aromatic carbocycles. The van der Waals surface area contributed by atoms with E-state index in [1.807, 2.05) is 12.3 Å². The summed E-state index contributed by atoms with van der Waals surface area (Å²) in [7, 11) is 0. The maximum Gasteiger partial charge on any atom is 0.317 e. The van der Waals surface area contributed by atoms with Crippen LogP contribution in [0, 0.1) is 12.8 Å². The molecule has 0 radical (unpaired) electrons. The van der Waals surface area contributed by atoms with Gasteiger partial charge in [0.15, 0.2) is 0 Å². The Morgan fingerprint density at radius 1 is 1.53 bits per heavy atom. The molecule has 3 amide bonds. The van der Waals surface area contributed by atoms with Crippen LogP contribution in [-0.2, 0) is 11.3 Å². The molecule has 0 unspecified atom stereocenters. The highest BCUT2D eigenvalue weighted by molar-refractivity contribution is 7.09. The number of primary amides is 1. The third-order valence-electron chi connectivity index (χ3n) is 3.27. The van der Waals surface area contributed by atoms with Crippen molar-refractivity contribution in [2.24, 2.45) is 11.7 Å². The van der Waals surface area contributed by atoms with Crippen LogP contribution < -0.4 is 11.1 Å². The van der Waals surface area contributed by atoms with Gasteiger partial charge >= 0.3 is 6.03 Å². The molecule has 1 aliphatic heterocycles. The van der Waals surface area contributed by atoms with Gasteiger partial charge in [0.1, 0.15) is 0 Å². The van der Waals surface area contributed by atoms with E-state index in [0.29, 0.717) is 32.5 Å². The van der Waals surface area contributed by atoms with Crippen molar-refractivity contribution in [3.05, 3.63) is 16.1 Å². The number of amides is 3. The first-order valence-corrected chi connectivity index (χ1v) is 7.17. The first kappa shape index (κ1) is 13.8. The number of rotatable bonds is 3.